The van der Waals surface area contributed by atoms with Gasteiger partial charge in [0.15, 0.2) is 0 Å². The van der Waals surface area contributed by atoms with E-state index in [0.717, 1.165) is 62.9 Å². The number of carbonyl (C=O) groups excluding carboxylic acids is 1. The number of ether oxygens (including phenoxy) is 2. The molecule has 6 rings (SSSR count). The first kappa shape index (κ1) is 35.8. The SMILES string of the molecule is CC(C)(C)c1cc(NC(=O)CCCC2CCC(Oc3ccc(=N)n(C(=N)N4CCCCC4)c3)c3ccccc32)n(-c2cnnc(OCCO)c2)n1. The molecule has 1 saturated heterocycles. The molecule has 0 spiro atoms. The van der Waals surface area contributed by atoms with Crippen molar-refractivity contribution in [2.75, 3.05) is 31.6 Å². The highest BCUT2D eigenvalue weighted by Gasteiger charge is 2.29. The second-order valence-corrected chi connectivity index (χ2v) is 14.3. The summed E-state index contributed by atoms with van der Waals surface area (Å²) in [6, 6.07) is 15.5. The topological polar surface area (TPSA) is 167 Å². The number of aromatic nitrogens is 5. The van der Waals surface area contributed by atoms with E-state index in [1.807, 2.05) is 23.1 Å². The normalized spacial score (nSPS) is 17.5. The fourth-order valence-corrected chi connectivity index (χ4v) is 6.83. The van der Waals surface area contributed by atoms with Crippen LogP contribution in [0.25, 0.3) is 5.69 Å². The number of aliphatic hydroxyl groups excluding tert-OH is 1. The van der Waals surface area contributed by atoms with E-state index in [0.29, 0.717) is 35.6 Å². The van der Waals surface area contributed by atoms with Crippen molar-refractivity contribution in [3.63, 3.8) is 0 Å². The molecule has 1 aromatic carbocycles. The molecular formula is C38H49N9O4. The fraction of sp³-hybridized carbons (Fsp3) is 0.474. The lowest BCUT2D eigenvalue weighted by Gasteiger charge is -2.32. The van der Waals surface area contributed by atoms with E-state index in [9.17, 15) is 4.79 Å². The Kier molecular flexibility index (Phi) is 11.1. The third-order valence-corrected chi connectivity index (χ3v) is 9.55. The van der Waals surface area contributed by atoms with Crippen molar-refractivity contribution in [3.8, 4) is 17.3 Å². The summed E-state index contributed by atoms with van der Waals surface area (Å²) in [5.74, 6) is 1.98. The Hall–Kier alpha value is -5.04. The van der Waals surface area contributed by atoms with E-state index in [-0.39, 0.29) is 42.0 Å². The molecule has 13 nitrogen and oxygen atoms in total. The van der Waals surface area contributed by atoms with Crippen molar-refractivity contribution < 1.29 is 19.4 Å². The third kappa shape index (κ3) is 8.65. The van der Waals surface area contributed by atoms with Crippen LogP contribution in [0.15, 0.2) is 60.9 Å². The van der Waals surface area contributed by atoms with Crippen LogP contribution in [0.4, 0.5) is 5.82 Å². The molecule has 270 valence electrons. The summed E-state index contributed by atoms with van der Waals surface area (Å²) in [6.45, 7) is 7.83. The highest BCUT2D eigenvalue weighted by atomic mass is 16.5. The number of rotatable bonds is 11. The number of hydrogen-bond acceptors (Lipinski definition) is 9. The number of amides is 1. The van der Waals surface area contributed by atoms with Gasteiger partial charge in [-0.1, -0.05) is 45.0 Å². The third-order valence-electron chi connectivity index (χ3n) is 9.55. The van der Waals surface area contributed by atoms with Gasteiger partial charge >= 0.3 is 0 Å². The number of hydrogen-bond donors (Lipinski definition) is 4. The molecular weight excluding hydrogens is 646 g/mol. The number of fused-ring (bicyclic) bond motifs is 1. The smallest absolute Gasteiger partial charge is 0.235 e. The molecule has 4 N–H and O–H groups in total. The van der Waals surface area contributed by atoms with Crippen LogP contribution in [0.2, 0.25) is 0 Å². The number of benzene rings is 1. The Labute approximate surface area is 298 Å². The highest BCUT2D eigenvalue weighted by Crippen LogP contribution is 2.42. The summed E-state index contributed by atoms with van der Waals surface area (Å²) in [4.78, 5) is 15.4. The molecule has 2 atom stereocenters. The Morgan fingerprint density at radius 2 is 1.84 bits per heavy atom. The quantitative estimate of drug-likeness (QED) is 0.115. The maximum absolute atomic E-state index is 13.3. The number of anilines is 1. The number of aliphatic hydroxyl groups is 1. The molecule has 1 amide bonds. The van der Waals surface area contributed by atoms with Crippen LogP contribution in [0, 0.1) is 10.8 Å². The largest absolute Gasteiger partial charge is 0.484 e. The molecule has 2 aliphatic rings. The van der Waals surface area contributed by atoms with Gasteiger partial charge in [0.25, 0.3) is 0 Å². The second kappa shape index (κ2) is 15.9. The number of carbonyl (C=O) groups is 1. The molecule has 13 heteroatoms. The van der Waals surface area contributed by atoms with E-state index in [2.05, 4.69) is 54.5 Å². The number of pyridine rings is 1. The number of nitrogens with zero attached hydrogens (tertiary/aromatic N) is 6. The Morgan fingerprint density at radius 3 is 2.61 bits per heavy atom. The van der Waals surface area contributed by atoms with E-state index in [4.69, 9.17) is 30.5 Å². The zero-order valence-electron chi connectivity index (χ0n) is 29.8. The lowest BCUT2D eigenvalue weighted by molar-refractivity contribution is -0.116. The maximum atomic E-state index is 13.3. The van der Waals surface area contributed by atoms with E-state index < -0.39 is 0 Å². The zero-order chi connectivity index (χ0) is 36.0. The lowest BCUT2D eigenvalue weighted by atomic mass is 9.79. The Bertz CT molecular complexity index is 1890. The van der Waals surface area contributed by atoms with Gasteiger partial charge in [-0.2, -0.15) is 10.2 Å². The van der Waals surface area contributed by atoms with Crippen LogP contribution in [0.5, 0.6) is 11.6 Å². The van der Waals surface area contributed by atoms with Crippen molar-refractivity contribution in [2.24, 2.45) is 0 Å². The van der Waals surface area contributed by atoms with Gasteiger partial charge in [0.05, 0.1) is 30.4 Å². The summed E-state index contributed by atoms with van der Waals surface area (Å²) in [7, 11) is 0. The average molecular weight is 696 g/mol. The minimum absolute atomic E-state index is 0.0954. The Balaban J connectivity index is 1.09. The van der Waals surface area contributed by atoms with Gasteiger partial charge in [-0.15, -0.1) is 5.10 Å². The van der Waals surface area contributed by atoms with E-state index in [1.54, 1.807) is 33.8 Å². The standard InChI is InChI=1S/C38H49N9O4/c1-38(2,3)32-23-34(47(44-32)27-22-36(43-41-24-27)50-21-20-48)42-35(49)13-9-10-26-14-16-31(30-12-6-5-11-29(26)30)51-28-15-17-33(39)46(25-28)37(40)45-18-7-4-8-19-45/h5-6,11-12,15,17,22-26,31,39-40,48H,4,7-10,13-14,16,18-21H2,1-3H3,(H,42,49). The highest BCUT2D eigenvalue weighted by molar-refractivity contribution is 5.90. The first-order valence-electron chi connectivity index (χ1n) is 17.9. The zero-order valence-corrected chi connectivity index (χ0v) is 29.8. The molecule has 1 aliphatic carbocycles. The van der Waals surface area contributed by atoms with Crippen LogP contribution in [-0.2, 0) is 10.2 Å². The van der Waals surface area contributed by atoms with Crippen LogP contribution in [0.1, 0.15) is 101 Å². The minimum atomic E-state index is -0.250. The second-order valence-electron chi connectivity index (χ2n) is 14.3. The van der Waals surface area contributed by atoms with Crippen LogP contribution in [-0.4, -0.2) is 72.7 Å². The minimum Gasteiger partial charge on any atom is -0.484 e. The number of piperidine rings is 1. The van der Waals surface area contributed by atoms with Gasteiger partial charge < -0.3 is 24.8 Å². The van der Waals surface area contributed by atoms with Gasteiger partial charge in [0.2, 0.25) is 17.7 Å². The molecule has 51 heavy (non-hydrogen) atoms. The molecule has 0 radical (unpaired) electrons. The van der Waals surface area contributed by atoms with E-state index >= 15 is 0 Å². The molecule has 2 unspecified atom stereocenters. The first-order valence-corrected chi connectivity index (χ1v) is 17.9. The maximum Gasteiger partial charge on any atom is 0.235 e. The van der Waals surface area contributed by atoms with Gasteiger partial charge in [-0.05, 0) is 74.1 Å². The van der Waals surface area contributed by atoms with Crippen LogP contribution < -0.4 is 20.3 Å². The monoisotopic (exact) mass is 695 g/mol. The summed E-state index contributed by atoms with van der Waals surface area (Å²) in [5, 5.41) is 42.2. The van der Waals surface area contributed by atoms with Crippen LogP contribution >= 0.6 is 0 Å². The molecule has 1 fully saturated rings. The lowest BCUT2D eigenvalue weighted by Crippen LogP contribution is -2.42. The van der Waals surface area contributed by atoms with E-state index in [1.165, 1.54) is 12.0 Å². The molecule has 3 aromatic heterocycles. The Morgan fingerprint density at radius 1 is 1.06 bits per heavy atom. The molecule has 0 bridgehead atoms. The summed E-state index contributed by atoms with van der Waals surface area (Å²) in [6.07, 6.45) is 10.2. The van der Waals surface area contributed by atoms with Crippen molar-refractivity contribution in [3.05, 3.63) is 83.2 Å². The van der Waals surface area contributed by atoms with Crippen molar-refractivity contribution >= 4 is 17.7 Å². The summed E-state index contributed by atoms with van der Waals surface area (Å²) < 4.78 is 15.3. The molecule has 0 saturated carbocycles. The molecule has 4 heterocycles. The number of likely N-dealkylation sites (tertiary alicyclic amines) is 1. The van der Waals surface area contributed by atoms with Gasteiger partial charge in [0.1, 0.15) is 29.8 Å². The number of nitrogens with one attached hydrogen (secondary N) is 3. The average Bonchev–Trinajstić information content (AvgIpc) is 3.57. The van der Waals surface area contributed by atoms with Gasteiger partial charge in [0, 0.05) is 37.1 Å². The van der Waals surface area contributed by atoms with Gasteiger partial charge in [-0.25, -0.2) is 4.68 Å². The van der Waals surface area contributed by atoms with Gasteiger partial charge in [-0.3, -0.25) is 20.2 Å². The predicted octanol–water partition coefficient (Wildman–Crippen LogP) is 5.69. The van der Waals surface area contributed by atoms with Crippen LogP contribution in [0.3, 0.4) is 0 Å². The fourth-order valence-electron chi connectivity index (χ4n) is 6.83. The first-order chi connectivity index (χ1) is 24.6. The van der Waals surface area contributed by atoms with Crippen molar-refractivity contribution in [1.82, 2.24) is 29.4 Å². The molecule has 4 aromatic rings. The summed E-state index contributed by atoms with van der Waals surface area (Å²) >= 11 is 0. The van der Waals surface area contributed by atoms with Crippen molar-refractivity contribution in [2.45, 2.75) is 89.6 Å². The predicted molar refractivity (Wildman–Crippen MR) is 194 cm³/mol. The molecule has 1 aliphatic heterocycles. The summed E-state index contributed by atoms with van der Waals surface area (Å²) in [5.41, 5.74) is 3.81. The van der Waals surface area contributed by atoms with Crippen molar-refractivity contribution in [1.29, 1.82) is 10.8 Å².